The van der Waals surface area contributed by atoms with E-state index >= 15 is 0 Å². The molecule has 4 rings (SSSR count). The maximum Gasteiger partial charge on any atom is 0.255 e. The van der Waals surface area contributed by atoms with Gasteiger partial charge < -0.3 is 5.32 Å². The molecule has 1 amide bonds. The van der Waals surface area contributed by atoms with E-state index in [0.29, 0.717) is 29.4 Å². The van der Waals surface area contributed by atoms with Crippen molar-refractivity contribution in [3.63, 3.8) is 0 Å². The molecule has 0 saturated heterocycles. The van der Waals surface area contributed by atoms with Gasteiger partial charge in [-0.1, -0.05) is 35.9 Å². The van der Waals surface area contributed by atoms with Gasteiger partial charge >= 0.3 is 0 Å². The van der Waals surface area contributed by atoms with Crippen LogP contribution in [0.5, 0.6) is 0 Å². The van der Waals surface area contributed by atoms with Crippen molar-refractivity contribution in [2.45, 2.75) is 26.9 Å². The average Bonchev–Trinajstić information content (AvgIpc) is 3.29. The van der Waals surface area contributed by atoms with Gasteiger partial charge in [0.25, 0.3) is 5.91 Å². The number of hydrogen-bond acceptors (Lipinski definition) is 3. The van der Waals surface area contributed by atoms with E-state index in [1.165, 1.54) is 12.1 Å². The van der Waals surface area contributed by atoms with Crippen molar-refractivity contribution >= 4 is 23.2 Å². The molecule has 0 aliphatic carbocycles. The number of halogens is 2. The summed E-state index contributed by atoms with van der Waals surface area (Å²) in [5.41, 5.74) is 4.79. The maximum absolute atomic E-state index is 13.0. The summed E-state index contributed by atoms with van der Waals surface area (Å²) in [6.07, 6.45) is 3.32. The van der Waals surface area contributed by atoms with E-state index in [9.17, 15) is 9.18 Å². The highest BCUT2D eigenvalue weighted by Gasteiger charge is 2.11. The third-order valence-corrected chi connectivity index (χ3v) is 5.54. The predicted octanol–water partition coefficient (Wildman–Crippen LogP) is 4.84. The first kappa shape index (κ1) is 20.8. The topological polar surface area (TPSA) is 64.7 Å². The summed E-state index contributed by atoms with van der Waals surface area (Å²) < 4.78 is 16.6. The van der Waals surface area contributed by atoms with Gasteiger partial charge in [0.1, 0.15) is 5.82 Å². The molecular formula is C23H21ClFN5O. The van der Waals surface area contributed by atoms with Crippen molar-refractivity contribution < 1.29 is 9.18 Å². The van der Waals surface area contributed by atoms with Crippen LogP contribution in [0.25, 0.3) is 0 Å². The summed E-state index contributed by atoms with van der Waals surface area (Å²) in [6.45, 7) is 4.88. The maximum atomic E-state index is 13.0. The number of aromatic nitrogens is 4. The molecule has 0 saturated carbocycles. The van der Waals surface area contributed by atoms with E-state index in [2.05, 4.69) is 15.5 Å². The van der Waals surface area contributed by atoms with E-state index in [4.69, 9.17) is 11.6 Å². The molecule has 1 N–H and O–H groups in total. The van der Waals surface area contributed by atoms with Crippen LogP contribution in [0.1, 0.15) is 32.9 Å². The monoisotopic (exact) mass is 437 g/mol. The Balaban J connectivity index is 1.38. The largest absolute Gasteiger partial charge is 0.319 e. The number of rotatable bonds is 6. The number of hydrogen-bond donors (Lipinski definition) is 1. The fraction of sp³-hybridized carbons (Fsp3) is 0.174. The molecule has 0 fully saturated rings. The van der Waals surface area contributed by atoms with Gasteiger partial charge in [-0.15, -0.1) is 0 Å². The number of carbonyl (C=O) groups excluding carboxylic acids is 1. The van der Waals surface area contributed by atoms with E-state index < -0.39 is 0 Å². The van der Waals surface area contributed by atoms with Crippen molar-refractivity contribution in [1.82, 2.24) is 19.6 Å². The molecule has 31 heavy (non-hydrogen) atoms. The van der Waals surface area contributed by atoms with E-state index in [1.54, 1.807) is 41.3 Å². The molecule has 8 heteroatoms. The lowest BCUT2D eigenvalue weighted by molar-refractivity contribution is 0.102. The Morgan fingerprint density at radius 1 is 1.03 bits per heavy atom. The summed E-state index contributed by atoms with van der Waals surface area (Å²) in [5.74, 6) is -0.496. The fourth-order valence-electron chi connectivity index (χ4n) is 3.26. The van der Waals surface area contributed by atoms with Gasteiger partial charge in [-0.3, -0.25) is 14.2 Å². The van der Waals surface area contributed by atoms with Crippen LogP contribution in [0.15, 0.2) is 60.9 Å². The normalized spacial score (nSPS) is 11.0. The number of amides is 1. The van der Waals surface area contributed by atoms with Gasteiger partial charge in [0.15, 0.2) is 0 Å². The van der Waals surface area contributed by atoms with Gasteiger partial charge in [0.05, 0.1) is 41.4 Å². The smallest absolute Gasteiger partial charge is 0.255 e. The molecule has 2 aromatic carbocycles. The number of nitrogens with one attached hydrogen (secondary N) is 1. The quantitative estimate of drug-likeness (QED) is 0.469. The van der Waals surface area contributed by atoms with Crippen molar-refractivity contribution in [2.24, 2.45) is 0 Å². The SMILES string of the molecule is Cc1nn(Cc2ccc(C(=O)Nc3cnn(Cc4ccc(F)cc4)c3)cc2)c(C)c1Cl. The molecule has 2 aromatic heterocycles. The van der Waals surface area contributed by atoms with E-state index in [1.807, 2.05) is 30.7 Å². The van der Waals surface area contributed by atoms with Crippen molar-refractivity contribution in [3.05, 3.63) is 99.8 Å². The molecule has 2 heterocycles. The summed E-state index contributed by atoms with van der Waals surface area (Å²) >= 11 is 6.20. The van der Waals surface area contributed by atoms with Crippen LogP contribution in [-0.2, 0) is 13.1 Å². The van der Waals surface area contributed by atoms with Crippen molar-refractivity contribution in [3.8, 4) is 0 Å². The van der Waals surface area contributed by atoms with Gasteiger partial charge in [0.2, 0.25) is 0 Å². The van der Waals surface area contributed by atoms with Crippen LogP contribution in [0.2, 0.25) is 5.02 Å². The summed E-state index contributed by atoms with van der Waals surface area (Å²) in [5, 5.41) is 12.2. The second-order valence-electron chi connectivity index (χ2n) is 7.35. The van der Waals surface area contributed by atoms with Crippen LogP contribution in [0, 0.1) is 19.7 Å². The van der Waals surface area contributed by atoms with Crippen molar-refractivity contribution in [1.29, 1.82) is 0 Å². The highest BCUT2D eigenvalue weighted by Crippen LogP contribution is 2.20. The fourth-order valence-corrected chi connectivity index (χ4v) is 3.39. The Bertz CT molecular complexity index is 1210. The number of anilines is 1. The average molecular weight is 438 g/mol. The van der Waals surface area contributed by atoms with E-state index in [0.717, 1.165) is 22.5 Å². The molecule has 0 unspecified atom stereocenters. The molecule has 6 nitrogen and oxygen atoms in total. The second kappa shape index (κ2) is 8.73. The molecule has 158 valence electrons. The lowest BCUT2D eigenvalue weighted by atomic mass is 10.1. The second-order valence-corrected chi connectivity index (χ2v) is 7.72. The molecule has 0 radical (unpaired) electrons. The minimum absolute atomic E-state index is 0.220. The van der Waals surface area contributed by atoms with Crippen molar-refractivity contribution in [2.75, 3.05) is 5.32 Å². The Labute approximate surface area is 184 Å². The van der Waals surface area contributed by atoms with Crippen LogP contribution < -0.4 is 5.32 Å². The third-order valence-electron chi connectivity index (χ3n) is 4.99. The number of carbonyl (C=O) groups is 1. The highest BCUT2D eigenvalue weighted by molar-refractivity contribution is 6.31. The number of aryl methyl sites for hydroxylation is 1. The van der Waals surface area contributed by atoms with Gasteiger partial charge in [-0.25, -0.2) is 4.39 Å². The van der Waals surface area contributed by atoms with Gasteiger partial charge in [-0.05, 0) is 49.2 Å². The van der Waals surface area contributed by atoms with Gasteiger partial charge in [-0.2, -0.15) is 10.2 Å². The molecule has 4 aromatic rings. The van der Waals surface area contributed by atoms with E-state index in [-0.39, 0.29) is 11.7 Å². The molecule has 0 bridgehead atoms. The third kappa shape index (κ3) is 4.83. The lowest BCUT2D eigenvalue weighted by Gasteiger charge is -2.07. The van der Waals surface area contributed by atoms with Crippen LogP contribution in [0.3, 0.4) is 0 Å². The predicted molar refractivity (Wildman–Crippen MR) is 118 cm³/mol. The van der Waals surface area contributed by atoms with Gasteiger partial charge in [0, 0.05) is 11.8 Å². The zero-order valence-electron chi connectivity index (χ0n) is 17.1. The number of nitrogens with zero attached hydrogens (tertiary/aromatic N) is 4. The minimum Gasteiger partial charge on any atom is -0.319 e. The molecule has 0 aliphatic rings. The zero-order valence-corrected chi connectivity index (χ0v) is 17.9. The number of benzene rings is 2. The summed E-state index contributed by atoms with van der Waals surface area (Å²) in [7, 11) is 0. The molecular weight excluding hydrogens is 417 g/mol. The first-order valence-electron chi connectivity index (χ1n) is 9.76. The Hall–Kier alpha value is -3.45. The lowest BCUT2D eigenvalue weighted by Crippen LogP contribution is -2.12. The van der Waals surface area contributed by atoms with Crippen LogP contribution in [0.4, 0.5) is 10.1 Å². The summed E-state index contributed by atoms with van der Waals surface area (Å²) in [6, 6.07) is 13.6. The minimum atomic E-state index is -0.276. The van der Waals surface area contributed by atoms with Crippen LogP contribution in [-0.4, -0.2) is 25.5 Å². The Kier molecular flexibility index (Phi) is 5.86. The highest BCUT2D eigenvalue weighted by atomic mass is 35.5. The molecule has 0 atom stereocenters. The summed E-state index contributed by atoms with van der Waals surface area (Å²) in [4.78, 5) is 12.6. The first-order chi connectivity index (χ1) is 14.9. The Morgan fingerprint density at radius 2 is 1.68 bits per heavy atom. The first-order valence-corrected chi connectivity index (χ1v) is 10.1. The standard InChI is InChI=1S/C23H21ClFN5O/c1-15-22(24)16(2)30(28-15)13-18-3-7-19(8-4-18)23(31)27-21-11-26-29(14-21)12-17-5-9-20(25)10-6-17/h3-11,14H,12-13H2,1-2H3,(H,27,31). The Morgan fingerprint density at radius 3 is 2.32 bits per heavy atom. The van der Waals surface area contributed by atoms with Crippen LogP contribution >= 0.6 is 11.6 Å². The molecule has 0 spiro atoms. The zero-order chi connectivity index (χ0) is 22.0. The molecule has 0 aliphatic heterocycles.